The highest BCUT2D eigenvalue weighted by molar-refractivity contribution is 7.60. The van der Waals surface area contributed by atoms with Crippen LogP contribution in [0.4, 0.5) is 0 Å². The molecule has 3 aliphatic rings. The first kappa shape index (κ1) is 21.2. The highest BCUT2D eigenvalue weighted by Crippen LogP contribution is 2.74. The van der Waals surface area contributed by atoms with Gasteiger partial charge in [0.05, 0.1) is 14.2 Å². The van der Waals surface area contributed by atoms with Crippen LogP contribution in [0.3, 0.4) is 0 Å². The fourth-order valence-corrected chi connectivity index (χ4v) is 11.5. The maximum Gasteiger partial charge on any atom is 0.126 e. The molecule has 0 N–H and O–H groups in total. The van der Waals surface area contributed by atoms with Gasteiger partial charge in [-0.25, -0.2) is 0 Å². The summed E-state index contributed by atoms with van der Waals surface area (Å²) < 4.78 is 11.9. The highest BCUT2D eigenvalue weighted by Gasteiger charge is 2.51. The van der Waals surface area contributed by atoms with Crippen LogP contribution >= 0.6 is 7.92 Å². The zero-order chi connectivity index (χ0) is 20.6. The minimum absolute atomic E-state index is 0.110. The molecule has 29 heavy (non-hydrogen) atoms. The number of hydrogen-bond acceptors (Lipinski definition) is 2. The summed E-state index contributed by atoms with van der Waals surface area (Å²) in [5, 5.41) is 0.110. The SMILES string of the molecule is COc1ccc(OC)c2c1C(C)=C(C)C2(C)P(C1CCCCC1)C1CCCCC1. The Bertz CT molecular complexity index is 753. The molecule has 0 bridgehead atoms. The lowest BCUT2D eigenvalue weighted by Gasteiger charge is -2.49. The van der Waals surface area contributed by atoms with Crippen molar-refractivity contribution in [1.29, 1.82) is 0 Å². The summed E-state index contributed by atoms with van der Waals surface area (Å²) in [6, 6.07) is 4.25. The fraction of sp³-hybridized carbons (Fsp3) is 0.692. The average molecular weight is 415 g/mol. The first-order valence-corrected chi connectivity index (χ1v) is 13.2. The number of hydrogen-bond donors (Lipinski definition) is 0. The maximum atomic E-state index is 6.00. The summed E-state index contributed by atoms with van der Waals surface area (Å²) in [6.07, 6.45) is 14.3. The molecular weight excluding hydrogens is 375 g/mol. The van der Waals surface area contributed by atoms with Crippen molar-refractivity contribution in [2.45, 2.75) is 101 Å². The second-order valence-corrected chi connectivity index (χ2v) is 12.7. The molecule has 1 aromatic rings. The topological polar surface area (TPSA) is 18.5 Å². The van der Waals surface area contributed by atoms with Crippen LogP contribution in [-0.2, 0) is 5.16 Å². The largest absolute Gasteiger partial charge is 0.496 e. The van der Waals surface area contributed by atoms with Crippen LogP contribution in [0.15, 0.2) is 17.7 Å². The smallest absolute Gasteiger partial charge is 0.126 e. The van der Waals surface area contributed by atoms with Gasteiger partial charge in [-0.3, -0.25) is 0 Å². The Morgan fingerprint density at radius 1 is 0.793 bits per heavy atom. The van der Waals surface area contributed by atoms with E-state index in [2.05, 4.69) is 32.9 Å². The van der Waals surface area contributed by atoms with Gasteiger partial charge in [0.15, 0.2) is 0 Å². The zero-order valence-corrected chi connectivity index (χ0v) is 20.0. The standard InChI is InChI=1S/C26H39O2P/c1-18-19(2)26(3,25-23(28-5)17-16-22(27-4)24(18)25)29(20-12-8-6-9-13-20)21-14-10-7-11-15-21/h16-17,20-21H,6-15H2,1-5H3. The van der Waals surface area contributed by atoms with Crippen molar-refractivity contribution in [2.75, 3.05) is 14.2 Å². The van der Waals surface area contributed by atoms with Crippen LogP contribution in [0.5, 0.6) is 11.5 Å². The Hall–Kier alpha value is -1.01. The molecule has 0 spiro atoms. The molecular formula is C26H39O2P. The van der Waals surface area contributed by atoms with Crippen LogP contribution in [-0.4, -0.2) is 25.5 Å². The number of benzene rings is 1. The van der Waals surface area contributed by atoms with Gasteiger partial charge in [-0.15, -0.1) is 0 Å². The number of allylic oxidation sites excluding steroid dienone is 2. The predicted octanol–water partition coefficient (Wildman–Crippen LogP) is 7.87. The van der Waals surface area contributed by atoms with Gasteiger partial charge in [0.25, 0.3) is 0 Å². The second kappa shape index (κ2) is 8.62. The molecule has 4 rings (SSSR count). The van der Waals surface area contributed by atoms with Gasteiger partial charge in [-0.1, -0.05) is 52.0 Å². The lowest BCUT2D eigenvalue weighted by Crippen LogP contribution is -2.33. The van der Waals surface area contributed by atoms with E-state index in [0.717, 1.165) is 22.8 Å². The number of fused-ring (bicyclic) bond motifs is 1. The normalized spacial score (nSPS) is 26.1. The van der Waals surface area contributed by atoms with Crippen molar-refractivity contribution < 1.29 is 9.47 Å². The van der Waals surface area contributed by atoms with Crippen molar-refractivity contribution in [1.82, 2.24) is 0 Å². The molecule has 0 heterocycles. The highest BCUT2D eigenvalue weighted by atomic mass is 31.1. The molecule has 160 valence electrons. The fourth-order valence-electron chi connectivity index (χ4n) is 6.57. The quantitative estimate of drug-likeness (QED) is 0.456. The molecule has 0 radical (unpaired) electrons. The van der Waals surface area contributed by atoms with Crippen LogP contribution < -0.4 is 9.47 Å². The van der Waals surface area contributed by atoms with Gasteiger partial charge in [0, 0.05) is 16.3 Å². The van der Waals surface area contributed by atoms with E-state index in [1.165, 1.54) is 80.9 Å². The van der Waals surface area contributed by atoms with E-state index in [1.54, 1.807) is 5.57 Å². The van der Waals surface area contributed by atoms with Gasteiger partial charge >= 0.3 is 0 Å². The van der Waals surface area contributed by atoms with Gasteiger partial charge in [-0.05, 0) is 75.5 Å². The van der Waals surface area contributed by atoms with Gasteiger partial charge in [0.2, 0.25) is 0 Å². The Labute approximate surface area is 179 Å². The van der Waals surface area contributed by atoms with E-state index >= 15 is 0 Å². The molecule has 2 fully saturated rings. The molecule has 1 unspecified atom stereocenters. The summed E-state index contributed by atoms with van der Waals surface area (Å²) in [5.74, 6) is 2.09. The number of rotatable bonds is 5. The van der Waals surface area contributed by atoms with Gasteiger partial charge in [-0.2, -0.15) is 0 Å². The summed E-state index contributed by atoms with van der Waals surface area (Å²) in [7, 11) is 3.49. The third kappa shape index (κ3) is 3.44. The summed E-state index contributed by atoms with van der Waals surface area (Å²) in [4.78, 5) is 0. The van der Waals surface area contributed by atoms with E-state index in [9.17, 15) is 0 Å². The predicted molar refractivity (Wildman–Crippen MR) is 126 cm³/mol. The monoisotopic (exact) mass is 414 g/mol. The first-order valence-electron chi connectivity index (χ1n) is 11.8. The molecule has 2 nitrogen and oxygen atoms in total. The molecule has 1 atom stereocenters. The molecule has 3 aliphatic carbocycles. The molecule has 2 saturated carbocycles. The maximum absolute atomic E-state index is 6.00. The van der Waals surface area contributed by atoms with E-state index < -0.39 is 0 Å². The Morgan fingerprint density at radius 2 is 1.28 bits per heavy atom. The lowest BCUT2D eigenvalue weighted by atomic mass is 9.95. The van der Waals surface area contributed by atoms with Crippen LogP contribution in [0.1, 0.15) is 96.1 Å². The van der Waals surface area contributed by atoms with Gasteiger partial charge in [0.1, 0.15) is 11.5 Å². The second-order valence-electron chi connectivity index (χ2n) is 9.53. The summed E-state index contributed by atoms with van der Waals surface area (Å²) in [5.41, 5.74) is 7.57. The molecule has 1 aromatic carbocycles. The molecule has 0 aromatic heterocycles. The van der Waals surface area contributed by atoms with Crippen LogP contribution in [0.2, 0.25) is 0 Å². The van der Waals surface area contributed by atoms with Crippen molar-refractivity contribution in [3.05, 3.63) is 28.8 Å². The first-order chi connectivity index (χ1) is 14.0. The van der Waals surface area contributed by atoms with E-state index in [-0.39, 0.29) is 13.1 Å². The number of ether oxygens (including phenoxy) is 2. The Morgan fingerprint density at radius 3 is 1.76 bits per heavy atom. The van der Waals surface area contributed by atoms with E-state index in [1.807, 2.05) is 14.2 Å². The lowest BCUT2D eigenvalue weighted by molar-refractivity contribution is 0.395. The van der Waals surface area contributed by atoms with Crippen molar-refractivity contribution in [3.8, 4) is 11.5 Å². The minimum Gasteiger partial charge on any atom is -0.496 e. The minimum atomic E-state index is -0.165. The van der Waals surface area contributed by atoms with Crippen LogP contribution in [0.25, 0.3) is 5.57 Å². The van der Waals surface area contributed by atoms with Crippen molar-refractivity contribution in [3.63, 3.8) is 0 Å². The molecule has 0 aliphatic heterocycles. The molecule has 0 saturated heterocycles. The third-order valence-electron chi connectivity index (χ3n) is 8.18. The summed E-state index contributed by atoms with van der Waals surface area (Å²) in [6.45, 7) is 7.31. The summed E-state index contributed by atoms with van der Waals surface area (Å²) >= 11 is 0. The Kier molecular flexibility index (Phi) is 6.31. The Balaban J connectivity index is 1.90. The van der Waals surface area contributed by atoms with Crippen molar-refractivity contribution in [2.24, 2.45) is 0 Å². The van der Waals surface area contributed by atoms with E-state index in [4.69, 9.17) is 9.47 Å². The molecule has 0 amide bonds. The van der Waals surface area contributed by atoms with E-state index in [0.29, 0.717) is 0 Å². The van der Waals surface area contributed by atoms with Crippen LogP contribution in [0, 0.1) is 0 Å². The third-order valence-corrected chi connectivity index (χ3v) is 12.4. The zero-order valence-electron chi connectivity index (χ0n) is 19.1. The van der Waals surface area contributed by atoms with Crippen molar-refractivity contribution >= 4 is 13.5 Å². The van der Waals surface area contributed by atoms with Gasteiger partial charge < -0.3 is 9.47 Å². The average Bonchev–Trinajstić information content (AvgIpc) is 2.97. The molecule has 3 heteroatoms. The number of methoxy groups -OCH3 is 2.